The maximum Gasteiger partial charge on any atom is 0.243 e. The van der Waals surface area contributed by atoms with Gasteiger partial charge < -0.3 is 15.5 Å². The van der Waals surface area contributed by atoms with Crippen LogP contribution in [0.3, 0.4) is 0 Å². The fraction of sp³-hybridized carbons (Fsp3) is 0.529. The van der Waals surface area contributed by atoms with Gasteiger partial charge in [-0.25, -0.2) is 9.38 Å². The summed E-state index contributed by atoms with van der Waals surface area (Å²) in [7, 11) is 3.41. The molecule has 24 heavy (non-hydrogen) atoms. The normalized spacial score (nSPS) is 11.5. The molecule has 0 fully saturated rings. The molecule has 1 aromatic rings. The summed E-state index contributed by atoms with van der Waals surface area (Å²) in [4.78, 5) is 17.4. The molecule has 5 nitrogen and oxygen atoms in total. The molecule has 0 saturated heterocycles. The number of nitrogens with one attached hydrogen (secondary N) is 2. The molecule has 0 aliphatic heterocycles. The number of hydrogen-bond acceptors (Lipinski definition) is 2. The fourth-order valence-corrected chi connectivity index (χ4v) is 1.94. The van der Waals surface area contributed by atoms with Crippen molar-refractivity contribution in [1.82, 2.24) is 15.5 Å². The molecule has 1 rings (SSSR count). The maximum absolute atomic E-state index is 13.0. The lowest BCUT2D eigenvalue weighted by atomic mass is 9.84. The van der Waals surface area contributed by atoms with Gasteiger partial charge in [-0.1, -0.05) is 26.0 Å². The molecule has 0 aromatic heterocycles. The lowest BCUT2D eigenvalue weighted by Gasteiger charge is -2.26. The fourth-order valence-electron chi connectivity index (χ4n) is 1.94. The van der Waals surface area contributed by atoms with Gasteiger partial charge in [-0.2, -0.15) is 0 Å². The lowest BCUT2D eigenvalue weighted by molar-refractivity contribution is -0.127. The van der Waals surface area contributed by atoms with E-state index in [9.17, 15) is 9.18 Å². The Bertz CT molecular complexity index is 544. The molecule has 1 amide bonds. The van der Waals surface area contributed by atoms with E-state index >= 15 is 0 Å². The number of guanidine groups is 1. The Kier molecular flexibility index (Phi) is 9.88. The topological polar surface area (TPSA) is 56.7 Å². The highest BCUT2D eigenvalue weighted by atomic mass is 127. The molecule has 0 atom stereocenters. The molecule has 0 radical (unpaired) electrons. The predicted molar refractivity (Wildman–Crippen MR) is 108 cm³/mol. The summed E-state index contributed by atoms with van der Waals surface area (Å²) in [6.07, 6.45) is 0. The van der Waals surface area contributed by atoms with Crippen LogP contribution in [0.4, 0.5) is 4.39 Å². The molecule has 0 unspecified atom stereocenters. The first-order valence-corrected chi connectivity index (χ1v) is 7.74. The smallest absolute Gasteiger partial charge is 0.243 e. The minimum absolute atomic E-state index is 0. The summed E-state index contributed by atoms with van der Waals surface area (Å²) in [5, 5.41) is 6.36. The van der Waals surface area contributed by atoms with E-state index in [4.69, 9.17) is 0 Å². The van der Waals surface area contributed by atoms with Crippen LogP contribution in [0.25, 0.3) is 0 Å². The van der Waals surface area contributed by atoms with E-state index < -0.39 is 0 Å². The van der Waals surface area contributed by atoms with Crippen molar-refractivity contribution in [2.45, 2.75) is 26.2 Å². The minimum atomic E-state index is -0.241. The van der Waals surface area contributed by atoms with Crippen LogP contribution in [-0.4, -0.2) is 50.5 Å². The first kappa shape index (κ1) is 22.6. The van der Waals surface area contributed by atoms with Gasteiger partial charge in [-0.05, 0) is 24.6 Å². The van der Waals surface area contributed by atoms with E-state index in [1.165, 1.54) is 17.0 Å². The number of rotatable bonds is 6. The number of benzene rings is 1. The predicted octanol–water partition coefficient (Wildman–Crippen LogP) is 2.36. The Balaban J connectivity index is 0.00000529. The molecule has 1 aromatic carbocycles. The Morgan fingerprint density at radius 2 is 1.79 bits per heavy atom. The summed E-state index contributed by atoms with van der Waals surface area (Å²) >= 11 is 0. The van der Waals surface area contributed by atoms with E-state index in [1.54, 1.807) is 26.2 Å². The average molecular weight is 450 g/mol. The van der Waals surface area contributed by atoms with Crippen molar-refractivity contribution in [3.05, 3.63) is 35.6 Å². The molecule has 0 bridgehead atoms. The minimum Gasteiger partial charge on any atom is -0.357 e. The number of amides is 1. The third-order valence-corrected chi connectivity index (χ3v) is 3.54. The second-order valence-electron chi connectivity index (χ2n) is 6.23. The second-order valence-corrected chi connectivity index (χ2v) is 6.23. The standard InChI is InChI=1S/C17H27FN4O.HI/c1-6-19-16(20-11-15(23)22(4)5)21-12-17(2,3)13-7-9-14(18)10-8-13;/h7-10H,6,11-12H2,1-5H3,(H2,19,20,21);1H. The van der Waals surface area contributed by atoms with Crippen LogP contribution in [0.2, 0.25) is 0 Å². The van der Waals surface area contributed by atoms with Gasteiger partial charge in [0.1, 0.15) is 12.4 Å². The Labute approximate surface area is 161 Å². The number of likely N-dealkylation sites (N-methyl/N-ethyl adjacent to an activating group) is 1. The number of nitrogens with zero attached hydrogens (tertiary/aromatic N) is 2. The van der Waals surface area contributed by atoms with Gasteiger partial charge in [0.15, 0.2) is 5.96 Å². The van der Waals surface area contributed by atoms with Crippen LogP contribution in [0.5, 0.6) is 0 Å². The molecule has 0 heterocycles. The Hall–Kier alpha value is -1.38. The molecule has 7 heteroatoms. The number of carbonyl (C=O) groups excluding carboxylic acids is 1. The maximum atomic E-state index is 13.0. The Morgan fingerprint density at radius 1 is 1.21 bits per heavy atom. The quantitative estimate of drug-likeness (QED) is 0.398. The molecule has 2 N–H and O–H groups in total. The third kappa shape index (κ3) is 7.46. The van der Waals surface area contributed by atoms with E-state index in [-0.39, 0.29) is 47.7 Å². The molecule has 0 saturated carbocycles. The van der Waals surface area contributed by atoms with Crippen molar-refractivity contribution < 1.29 is 9.18 Å². The van der Waals surface area contributed by atoms with E-state index in [0.717, 1.165) is 5.56 Å². The first-order chi connectivity index (χ1) is 10.8. The van der Waals surface area contributed by atoms with Gasteiger partial charge in [0, 0.05) is 32.6 Å². The zero-order valence-electron chi connectivity index (χ0n) is 15.0. The highest BCUT2D eigenvalue weighted by molar-refractivity contribution is 14.0. The number of carbonyl (C=O) groups is 1. The molecule has 0 aliphatic carbocycles. The highest BCUT2D eigenvalue weighted by Gasteiger charge is 2.21. The van der Waals surface area contributed by atoms with Crippen LogP contribution in [-0.2, 0) is 10.2 Å². The molecule has 0 aliphatic rings. The van der Waals surface area contributed by atoms with E-state index in [1.807, 2.05) is 6.92 Å². The van der Waals surface area contributed by atoms with Crippen molar-refractivity contribution in [3.8, 4) is 0 Å². The first-order valence-electron chi connectivity index (χ1n) is 7.74. The van der Waals surface area contributed by atoms with E-state index in [2.05, 4.69) is 29.5 Å². The summed E-state index contributed by atoms with van der Waals surface area (Å²) in [5.74, 6) is 0.299. The summed E-state index contributed by atoms with van der Waals surface area (Å²) in [6.45, 7) is 7.53. The SMILES string of the molecule is CCNC(=NCC(=O)N(C)C)NCC(C)(C)c1ccc(F)cc1.I. The van der Waals surface area contributed by atoms with Crippen LogP contribution in [0, 0.1) is 5.82 Å². The number of aliphatic imine (C=N–C) groups is 1. The van der Waals surface area contributed by atoms with Crippen LogP contribution < -0.4 is 10.6 Å². The van der Waals surface area contributed by atoms with Gasteiger partial charge in [0.25, 0.3) is 0 Å². The lowest BCUT2D eigenvalue weighted by Crippen LogP contribution is -2.44. The average Bonchev–Trinajstić information content (AvgIpc) is 2.50. The van der Waals surface area contributed by atoms with Gasteiger partial charge in [-0.3, -0.25) is 4.79 Å². The van der Waals surface area contributed by atoms with Crippen LogP contribution >= 0.6 is 24.0 Å². The molecular formula is C17H28FIN4O. The zero-order valence-corrected chi connectivity index (χ0v) is 17.3. The van der Waals surface area contributed by atoms with Crippen LogP contribution in [0.1, 0.15) is 26.3 Å². The van der Waals surface area contributed by atoms with Crippen molar-refractivity contribution in [2.75, 3.05) is 33.7 Å². The van der Waals surface area contributed by atoms with Crippen molar-refractivity contribution in [3.63, 3.8) is 0 Å². The van der Waals surface area contributed by atoms with Gasteiger partial charge >= 0.3 is 0 Å². The number of hydrogen-bond donors (Lipinski definition) is 2. The highest BCUT2D eigenvalue weighted by Crippen LogP contribution is 2.22. The summed E-state index contributed by atoms with van der Waals surface area (Å²) in [5.41, 5.74) is 0.835. The van der Waals surface area contributed by atoms with Crippen molar-refractivity contribution in [1.29, 1.82) is 0 Å². The van der Waals surface area contributed by atoms with E-state index in [0.29, 0.717) is 19.0 Å². The van der Waals surface area contributed by atoms with Gasteiger partial charge in [0.05, 0.1) is 0 Å². The second kappa shape index (κ2) is 10.5. The largest absolute Gasteiger partial charge is 0.357 e. The third-order valence-electron chi connectivity index (χ3n) is 3.54. The summed E-state index contributed by atoms with van der Waals surface area (Å²) in [6, 6.07) is 6.51. The van der Waals surface area contributed by atoms with Gasteiger partial charge in [-0.15, -0.1) is 24.0 Å². The number of halogens is 2. The van der Waals surface area contributed by atoms with Crippen LogP contribution in [0.15, 0.2) is 29.3 Å². The summed E-state index contributed by atoms with van der Waals surface area (Å²) < 4.78 is 13.0. The molecule has 0 spiro atoms. The van der Waals surface area contributed by atoms with Gasteiger partial charge in [0.2, 0.25) is 5.91 Å². The Morgan fingerprint density at radius 3 is 2.29 bits per heavy atom. The van der Waals surface area contributed by atoms with Crippen molar-refractivity contribution >= 4 is 35.8 Å². The van der Waals surface area contributed by atoms with Crippen molar-refractivity contribution in [2.24, 2.45) is 4.99 Å². The molecule has 136 valence electrons. The zero-order chi connectivity index (χ0) is 17.5. The molecular weight excluding hydrogens is 422 g/mol. The monoisotopic (exact) mass is 450 g/mol.